The van der Waals surface area contributed by atoms with Gasteiger partial charge in [-0.2, -0.15) is 0 Å². The average Bonchev–Trinajstić information content (AvgIpc) is 2.17. The van der Waals surface area contributed by atoms with E-state index in [1.807, 2.05) is 24.3 Å². The molecule has 0 aromatic heterocycles. The summed E-state index contributed by atoms with van der Waals surface area (Å²) in [5.41, 5.74) is 2.12. The lowest BCUT2D eigenvalue weighted by atomic mass is 9.83. The number of hydrogen-bond donors (Lipinski definition) is 0. The van der Waals surface area contributed by atoms with Crippen LogP contribution >= 0.6 is 0 Å². The Hall–Kier alpha value is -1.31. The van der Waals surface area contributed by atoms with E-state index in [9.17, 15) is 9.90 Å². The number of benzene rings is 1. The van der Waals surface area contributed by atoms with Crippen LogP contribution in [0.1, 0.15) is 29.9 Å². The fourth-order valence-corrected chi connectivity index (χ4v) is 2.00. The topological polar surface area (TPSA) is 40.1 Å². The van der Waals surface area contributed by atoms with Crippen molar-refractivity contribution in [3.8, 4) is 0 Å². The van der Waals surface area contributed by atoms with E-state index in [-0.39, 0.29) is 5.92 Å². The van der Waals surface area contributed by atoms with Gasteiger partial charge in [0.25, 0.3) is 0 Å². The van der Waals surface area contributed by atoms with Crippen molar-refractivity contribution < 1.29 is 9.90 Å². The number of carboxylic acids is 1. The fraction of sp³-hybridized carbons (Fsp3) is 0.364. The third kappa shape index (κ3) is 1.44. The monoisotopic (exact) mass is 175 g/mol. The molecule has 0 unspecified atom stereocenters. The molecule has 0 spiro atoms. The van der Waals surface area contributed by atoms with Crippen LogP contribution in [-0.4, -0.2) is 5.97 Å². The Bertz CT molecular complexity index is 331. The molecule has 68 valence electrons. The Labute approximate surface area is 77.2 Å². The molecule has 0 heterocycles. The van der Waals surface area contributed by atoms with Gasteiger partial charge in [-0.25, -0.2) is 0 Å². The maximum Gasteiger partial charge on any atom is 0.0489 e. The molecular weight excluding hydrogens is 164 g/mol. The molecule has 0 radical (unpaired) electrons. The van der Waals surface area contributed by atoms with Gasteiger partial charge in [-0.15, -0.1) is 0 Å². The van der Waals surface area contributed by atoms with Crippen molar-refractivity contribution in [3.05, 3.63) is 35.4 Å². The quantitative estimate of drug-likeness (QED) is 0.635. The average molecular weight is 175 g/mol. The van der Waals surface area contributed by atoms with Crippen molar-refractivity contribution in [2.75, 3.05) is 0 Å². The van der Waals surface area contributed by atoms with Gasteiger partial charge in [0.1, 0.15) is 0 Å². The number of hydrogen-bond acceptors (Lipinski definition) is 2. The molecule has 0 fully saturated rings. The zero-order valence-corrected chi connectivity index (χ0v) is 7.32. The molecule has 0 aliphatic heterocycles. The maximum absolute atomic E-state index is 10.8. The SMILES string of the molecule is O=C([O-])[C@H]1CCCc2ccccc21. The number of fused-ring (bicyclic) bond motifs is 1. The maximum atomic E-state index is 10.8. The molecule has 2 heteroatoms. The number of aliphatic carboxylic acids is 1. The van der Waals surface area contributed by atoms with Gasteiger partial charge in [0.05, 0.1) is 0 Å². The van der Waals surface area contributed by atoms with Gasteiger partial charge < -0.3 is 9.90 Å². The molecule has 1 atom stereocenters. The van der Waals surface area contributed by atoms with E-state index in [1.165, 1.54) is 5.56 Å². The summed E-state index contributed by atoms with van der Waals surface area (Å²) in [5, 5.41) is 10.8. The standard InChI is InChI=1S/C11H12O2/c12-11(13)10-7-3-5-8-4-1-2-6-9(8)10/h1-2,4,6,10H,3,5,7H2,(H,12,13)/p-1/t10-/m0/s1. The molecule has 2 nitrogen and oxygen atoms in total. The summed E-state index contributed by atoms with van der Waals surface area (Å²) >= 11 is 0. The van der Waals surface area contributed by atoms with Gasteiger partial charge in [0.15, 0.2) is 0 Å². The second-order valence-electron chi connectivity index (χ2n) is 3.46. The molecule has 0 N–H and O–H groups in total. The van der Waals surface area contributed by atoms with E-state index in [4.69, 9.17) is 0 Å². The van der Waals surface area contributed by atoms with E-state index in [0.717, 1.165) is 24.8 Å². The predicted molar refractivity (Wildman–Crippen MR) is 47.1 cm³/mol. The second-order valence-corrected chi connectivity index (χ2v) is 3.46. The Balaban J connectivity index is 2.42. The van der Waals surface area contributed by atoms with Crippen LogP contribution in [0.4, 0.5) is 0 Å². The van der Waals surface area contributed by atoms with Crippen molar-refractivity contribution in [2.24, 2.45) is 0 Å². The summed E-state index contributed by atoms with van der Waals surface area (Å²) in [6.45, 7) is 0. The highest BCUT2D eigenvalue weighted by Crippen LogP contribution is 2.30. The number of rotatable bonds is 1. The van der Waals surface area contributed by atoms with E-state index >= 15 is 0 Å². The largest absolute Gasteiger partial charge is 0.549 e. The number of aryl methyl sites for hydroxylation is 1. The van der Waals surface area contributed by atoms with E-state index in [1.54, 1.807) is 0 Å². The second kappa shape index (κ2) is 3.21. The van der Waals surface area contributed by atoms with Crippen molar-refractivity contribution in [2.45, 2.75) is 25.2 Å². The van der Waals surface area contributed by atoms with Gasteiger partial charge in [-0.05, 0) is 30.4 Å². The molecule has 0 saturated carbocycles. The van der Waals surface area contributed by atoms with Crippen molar-refractivity contribution in [1.29, 1.82) is 0 Å². The smallest absolute Gasteiger partial charge is 0.0489 e. The van der Waals surface area contributed by atoms with Crippen molar-refractivity contribution in [3.63, 3.8) is 0 Å². The summed E-state index contributed by atoms with van der Waals surface area (Å²) in [5.74, 6) is -1.32. The zero-order valence-electron chi connectivity index (χ0n) is 7.32. The molecular formula is C11H11O2-. The van der Waals surface area contributed by atoms with Crippen LogP contribution in [0.5, 0.6) is 0 Å². The highest BCUT2D eigenvalue weighted by molar-refractivity contribution is 5.75. The Morgan fingerprint density at radius 2 is 2.15 bits per heavy atom. The Kier molecular flexibility index (Phi) is 2.05. The molecule has 1 aliphatic rings. The number of carboxylic acid groups (broad SMARTS) is 1. The first-order chi connectivity index (χ1) is 6.29. The summed E-state index contributed by atoms with van der Waals surface area (Å²) in [4.78, 5) is 10.8. The van der Waals surface area contributed by atoms with E-state index in [0.29, 0.717) is 0 Å². The minimum absolute atomic E-state index is 0.384. The first kappa shape index (κ1) is 8.30. The van der Waals surface area contributed by atoms with Crippen LogP contribution in [0.25, 0.3) is 0 Å². The molecule has 0 bridgehead atoms. The highest BCUT2D eigenvalue weighted by Gasteiger charge is 2.19. The van der Waals surface area contributed by atoms with Gasteiger partial charge in [0, 0.05) is 11.9 Å². The van der Waals surface area contributed by atoms with Gasteiger partial charge >= 0.3 is 0 Å². The molecule has 1 aliphatic carbocycles. The fourth-order valence-electron chi connectivity index (χ4n) is 2.00. The molecule has 1 aromatic carbocycles. The van der Waals surface area contributed by atoms with Gasteiger partial charge in [-0.3, -0.25) is 0 Å². The third-order valence-corrected chi connectivity index (χ3v) is 2.65. The van der Waals surface area contributed by atoms with Crippen LogP contribution in [0, 0.1) is 0 Å². The molecule has 2 rings (SSSR count). The van der Waals surface area contributed by atoms with Crippen molar-refractivity contribution in [1.82, 2.24) is 0 Å². The summed E-state index contributed by atoms with van der Waals surface area (Å²) in [6, 6.07) is 7.75. The van der Waals surface area contributed by atoms with E-state index in [2.05, 4.69) is 0 Å². The lowest BCUT2D eigenvalue weighted by Gasteiger charge is -2.25. The van der Waals surface area contributed by atoms with Crippen LogP contribution in [0.3, 0.4) is 0 Å². The first-order valence-electron chi connectivity index (χ1n) is 4.57. The molecule has 1 aromatic rings. The molecule has 13 heavy (non-hydrogen) atoms. The first-order valence-corrected chi connectivity index (χ1v) is 4.57. The van der Waals surface area contributed by atoms with Crippen LogP contribution < -0.4 is 5.11 Å². The zero-order chi connectivity index (χ0) is 9.26. The van der Waals surface area contributed by atoms with Crippen LogP contribution in [0.2, 0.25) is 0 Å². The highest BCUT2D eigenvalue weighted by atomic mass is 16.4. The lowest BCUT2D eigenvalue weighted by molar-refractivity contribution is -0.308. The van der Waals surface area contributed by atoms with Crippen LogP contribution in [-0.2, 0) is 11.2 Å². The van der Waals surface area contributed by atoms with Crippen molar-refractivity contribution >= 4 is 5.97 Å². The van der Waals surface area contributed by atoms with Gasteiger partial charge in [-0.1, -0.05) is 24.3 Å². The van der Waals surface area contributed by atoms with Crippen LogP contribution in [0.15, 0.2) is 24.3 Å². The molecule has 0 amide bonds. The van der Waals surface area contributed by atoms with E-state index < -0.39 is 5.97 Å². The number of carbonyl (C=O) groups is 1. The minimum atomic E-state index is -0.938. The summed E-state index contributed by atoms with van der Waals surface area (Å²) < 4.78 is 0. The minimum Gasteiger partial charge on any atom is -0.549 e. The Morgan fingerprint density at radius 1 is 1.38 bits per heavy atom. The number of carbonyl (C=O) groups excluding carboxylic acids is 1. The third-order valence-electron chi connectivity index (χ3n) is 2.65. The Morgan fingerprint density at radius 3 is 2.92 bits per heavy atom. The van der Waals surface area contributed by atoms with Gasteiger partial charge in [0.2, 0.25) is 0 Å². The predicted octanol–water partition coefficient (Wildman–Crippen LogP) is 0.856. The summed E-state index contributed by atoms with van der Waals surface area (Å²) in [7, 11) is 0. The lowest BCUT2D eigenvalue weighted by Crippen LogP contribution is -2.31. The summed E-state index contributed by atoms with van der Waals surface area (Å²) in [6.07, 6.45) is 2.68. The normalized spacial score (nSPS) is 20.8. The molecule has 0 saturated heterocycles.